The highest BCUT2D eigenvalue weighted by Crippen LogP contribution is 2.27. The van der Waals surface area contributed by atoms with E-state index in [2.05, 4.69) is 21.3 Å². The molecule has 0 spiro atoms. The fourth-order valence-electron chi connectivity index (χ4n) is 2.96. The first-order valence-electron chi connectivity index (χ1n) is 9.35. The SMILES string of the molecule is O=C(N[C@H]1OC(=O)C(Cl)=C1Nc1ccccc1)N[C@H]1OC(=O)C(Cl)=C1Nc1ccccc1. The van der Waals surface area contributed by atoms with E-state index in [0.717, 1.165) is 0 Å². The first-order valence-corrected chi connectivity index (χ1v) is 10.1. The van der Waals surface area contributed by atoms with Gasteiger partial charge < -0.3 is 20.1 Å². The van der Waals surface area contributed by atoms with Gasteiger partial charge in [0.15, 0.2) is 10.1 Å². The van der Waals surface area contributed by atoms with Crippen LogP contribution < -0.4 is 21.3 Å². The van der Waals surface area contributed by atoms with Crippen molar-refractivity contribution in [2.75, 3.05) is 10.6 Å². The summed E-state index contributed by atoms with van der Waals surface area (Å²) in [6.45, 7) is 0. The van der Waals surface area contributed by atoms with Crippen molar-refractivity contribution >= 4 is 52.5 Å². The second-order valence-electron chi connectivity index (χ2n) is 6.63. The number of carbonyl (C=O) groups excluding carboxylic acids is 3. The molecule has 0 fully saturated rings. The lowest BCUT2D eigenvalue weighted by Crippen LogP contribution is -2.49. The summed E-state index contributed by atoms with van der Waals surface area (Å²) in [4.78, 5) is 36.4. The van der Waals surface area contributed by atoms with Crippen LogP contribution in [0.25, 0.3) is 0 Å². The molecule has 0 aliphatic carbocycles. The summed E-state index contributed by atoms with van der Waals surface area (Å²) >= 11 is 12.1. The number of para-hydroxylation sites is 2. The van der Waals surface area contributed by atoms with Crippen LogP contribution in [0.15, 0.2) is 82.1 Å². The van der Waals surface area contributed by atoms with Gasteiger partial charge in [-0.1, -0.05) is 59.6 Å². The van der Waals surface area contributed by atoms with Crippen molar-refractivity contribution in [3.8, 4) is 0 Å². The molecular weight excluding hydrogens is 459 g/mol. The Labute approximate surface area is 192 Å². The number of benzene rings is 2. The largest absolute Gasteiger partial charge is 0.431 e. The molecule has 2 aromatic carbocycles. The van der Waals surface area contributed by atoms with E-state index in [0.29, 0.717) is 11.4 Å². The number of hydrogen-bond acceptors (Lipinski definition) is 7. The molecule has 0 bridgehead atoms. The summed E-state index contributed by atoms with van der Waals surface area (Å²) in [7, 11) is 0. The number of cyclic esters (lactones) is 2. The third kappa shape index (κ3) is 4.63. The van der Waals surface area contributed by atoms with Crippen molar-refractivity contribution in [3.05, 3.63) is 82.1 Å². The molecule has 0 aromatic heterocycles. The predicted octanol–water partition coefficient (Wildman–Crippen LogP) is 3.18. The molecule has 2 aromatic rings. The lowest BCUT2D eigenvalue weighted by molar-refractivity contribution is -0.140. The molecule has 32 heavy (non-hydrogen) atoms. The Bertz CT molecular complexity index is 1030. The van der Waals surface area contributed by atoms with Crippen LogP contribution in [0.5, 0.6) is 0 Å². The second kappa shape index (κ2) is 9.21. The van der Waals surface area contributed by atoms with E-state index in [-0.39, 0.29) is 21.5 Å². The monoisotopic (exact) mass is 474 g/mol. The van der Waals surface area contributed by atoms with Gasteiger partial charge in [-0.2, -0.15) is 0 Å². The van der Waals surface area contributed by atoms with Gasteiger partial charge in [0.25, 0.3) is 0 Å². The van der Waals surface area contributed by atoms with E-state index >= 15 is 0 Å². The van der Waals surface area contributed by atoms with Crippen molar-refractivity contribution in [3.63, 3.8) is 0 Å². The second-order valence-corrected chi connectivity index (χ2v) is 7.38. The normalized spacial score (nSPS) is 20.1. The maximum Gasteiger partial charge on any atom is 0.354 e. The average Bonchev–Trinajstić information content (AvgIpc) is 3.19. The van der Waals surface area contributed by atoms with Crippen molar-refractivity contribution in [2.24, 2.45) is 0 Å². The number of anilines is 2. The third-order valence-electron chi connectivity index (χ3n) is 4.44. The van der Waals surface area contributed by atoms with Gasteiger partial charge in [0.05, 0.1) is 0 Å². The highest BCUT2D eigenvalue weighted by Gasteiger charge is 2.38. The zero-order valence-electron chi connectivity index (χ0n) is 16.2. The van der Waals surface area contributed by atoms with Crippen LogP contribution in [0.1, 0.15) is 0 Å². The Hall–Kier alpha value is -3.69. The van der Waals surface area contributed by atoms with E-state index in [4.69, 9.17) is 32.7 Å². The van der Waals surface area contributed by atoms with Crippen LogP contribution in [0.4, 0.5) is 16.2 Å². The third-order valence-corrected chi connectivity index (χ3v) is 5.15. The maximum atomic E-state index is 12.6. The number of nitrogens with one attached hydrogen (secondary N) is 4. The lowest BCUT2D eigenvalue weighted by atomic mass is 10.3. The molecule has 0 saturated heterocycles. The summed E-state index contributed by atoms with van der Waals surface area (Å²) in [5.74, 6) is -1.59. The highest BCUT2D eigenvalue weighted by molar-refractivity contribution is 6.43. The van der Waals surface area contributed by atoms with Crippen molar-refractivity contribution in [1.29, 1.82) is 0 Å². The number of esters is 2. The van der Waals surface area contributed by atoms with E-state index in [1.54, 1.807) is 48.5 Å². The van der Waals surface area contributed by atoms with E-state index in [1.807, 2.05) is 12.1 Å². The Morgan fingerprint density at radius 2 is 1.06 bits per heavy atom. The average molecular weight is 475 g/mol. The van der Waals surface area contributed by atoms with E-state index in [1.165, 1.54) is 0 Å². The molecule has 2 aliphatic heterocycles. The number of halogens is 2. The molecule has 9 nitrogen and oxygen atoms in total. The molecule has 0 unspecified atom stereocenters. The summed E-state index contributed by atoms with van der Waals surface area (Å²) in [5, 5.41) is 10.5. The van der Waals surface area contributed by atoms with Gasteiger partial charge >= 0.3 is 18.0 Å². The van der Waals surface area contributed by atoms with Crippen molar-refractivity contribution < 1.29 is 23.9 Å². The minimum absolute atomic E-state index is 0.164. The molecule has 0 saturated carbocycles. The molecule has 4 rings (SSSR count). The first kappa shape index (κ1) is 21.5. The summed E-state index contributed by atoms with van der Waals surface area (Å²) in [6, 6.07) is 17.0. The summed E-state index contributed by atoms with van der Waals surface area (Å²) in [5.41, 5.74) is 1.61. The number of urea groups is 1. The van der Waals surface area contributed by atoms with E-state index in [9.17, 15) is 14.4 Å². The standard InChI is InChI=1S/C21H16Cl2N4O5/c22-13-15(24-11-7-3-1-4-8-11)17(31-19(13)28)26-21(30)27-18-16(14(23)20(29)32-18)25-12-9-5-2-6-10-12/h1-10,17-18,24-25H,(H2,26,27,30)/t17-,18-/m0/s1. The van der Waals surface area contributed by atoms with Gasteiger partial charge in [-0.15, -0.1) is 0 Å². The number of amides is 2. The van der Waals surface area contributed by atoms with Crippen molar-refractivity contribution in [1.82, 2.24) is 10.6 Å². The lowest BCUT2D eigenvalue weighted by Gasteiger charge is -2.21. The smallest absolute Gasteiger partial charge is 0.354 e. The van der Waals surface area contributed by atoms with Gasteiger partial charge in [-0.3, -0.25) is 10.6 Å². The minimum atomic E-state index is -1.18. The molecule has 2 amide bonds. The quantitative estimate of drug-likeness (QED) is 0.474. The molecule has 2 aliphatic rings. The van der Waals surface area contributed by atoms with Crippen LogP contribution >= 0.6 is 23.2 Å². The fraction of sp³-hybridized carbons (Fsp3) is 0.0952. The summed E-state index contributed by atoms with van der Waals surface area (Å²) in [6.07, 6.45) is -2.37. The number of carbonyl (C=O) groups is 3. The number of rotatable bonds is 6. The fourth-order valence-corrected chi connectivity index (χ4v) is 3.35. The molecule has 0 radical (unpaired) electrons. The Kier molecular flexibility index (Phi) is 6.20. The van der Waals surface area contributed by atoms with Gasteiger partial charge in [0.2, 0.25) is 12.5 Å². The van der Waals surface area contributed by atoms with Crippen LogP contribution in [0.2, 0.25) is 0 Å². The van der Waals surface area contributed by atoms with Crippen LogP contribution in [-0.4, -0.2) is 30.4 Å². The van der Waals surface area contributed by atoms with Gasteiger partial charge in [-0.25, -0.2) is 14.4 Å². The van der Waals surface area contributed by atoms with Crippen LogP contribution in [-0.2, 0) is 19.1 Å². The Morgan fingerprint density at radius 1 is 0.688 bits per heavy atom. The first-order chi connectivity index (χ1) is 15.4. The van der Waals surface area contributed by atoms with Gasteiger partial charge in [-0.05, 0) is 24.3 Å². The molecule has 2 heterocycles. The zero-order chi connectivity index (χ0) is 22.7. The molecule has 164 valence electrons. The Balaban J connectivity index is 1.44. The van der Waals surface area contributed by atoms with E-state index < -0.39 is 30.4 Å². The zero-order valence-corrected chi connectivity index (χ0v) is 17.7. The minimum Gasteiger partial charge on any atom is -0.431 e. The number of ether oxygens (including phenoxy) is 2. The molecular formula is C21H16Cl2N4O5. The maximum absolute atomic E-state index is 12.6. The van der Waals surface area contributed by atoms with Crippen molar-refractivity contribution in [2.45, 2.75) is 12.5 Å². The summed E-state index contributed by atoms with van der Waals surface area (Å²) < 4.78 is 10.2. The van der Waals surface area contributed by atoms with Gasteiger partial charge in [0, 0.05) is 11.4 Å². The molecule has 11 heteroatoms. The highest BCUT2D eigenvalue weighted by atomic mass is 35.5. The predicted molar refractivity (Wildman–Crippen MR) is 117 cm³/mol. The van der Waals surface area contributed by atoms with Crippen LogP contribution in [0.3, 0.4) is 0 Å². The number of hydrogen-bond donors (Lipinski definition) is 4. The topological polar surface area (TPSA) is 118 Å². The van der Waals surface area contributed by atoms with Gasteiger partial charge in [0.1, 0.15) is 11.4 Å². The van der Waals surface area contributed by atoms with Crippen LogP contribution in [0, 0.1) is 0 Å². The molecule has 2 atom stereocenters. The Morgan fingerprint density at radius 3 is 1.44 bits per heavy atom. The molecule has 4 N–H and O–H groups in total.